The lowest BCUT2D eigenvalue weighted by Gasteiger charge is -2.35. The molecule has 2 aliphatic heterocycles. The van der Waals surface area contributed by atoms with Crippen molar-refractivity contribution in [2.75, 3.05) is 0 Å². The smallest absolute Gasteiger partial charge is 0.0221 e. The summed E-state index contributed by atoms with van der Waals surface area (Å²) in [6.45, 7) is 5.00. The Labute approximate surface area is 73.9 Å². The third-order valence-corrected chi connectivity index (χ3v) is 5.52. The van der Waals surface area contributed by atoms with Gasteiger partial charge in [0, 0.05) is 11.6 Å². The Morgan fingerprint density at radius 2 is 2.08 bits per heavy atom. The van der Waals surface area contributed by atoms with Gasteiger partial charge < -0.3 is 5.32 Å². The first-order valence-electron chi connectivity index (χ1n) is 5.42. The van der Waals surface area contributed by atoms with Gasteiger partial charge in [-0.1, -0.05) is 6.92 Å². The summed E-state index contributed by atoms with van der Waals surface area (Å²) in [5.74, 6) is 3.21. The van der Waals surface area contributed by atoms with Crippen LogP contribution in [0.1, 0.15) is 33.1 Å². The molecule has 2 bridgehead atoms. The average Bonchev–Trinajstić information content (AvgIpc) is 2.81. The number of rotatable bonds is 0. The van der Waals surface area contributed by atoms with Crippen molar-refractivity contribution in [3.8, 4) is 0 Å². The lowest BCUT2D eigenvalue weighted by Crippen LogP contribution is -2.50. The highest BCUT2D eigenvalue weighted by molar-refractivity contribution is 5.30. The molecule has 12 heavy (non-hydrogen) atoms. The van der Waals surface area contributed by atoms with Crippen LogP contribution in [0, 0.1) is 23.2 Å². The highest BCUT2D eigenvalue weighted by Gasteiger charge is 2.76. The second-order valence-corrected chi connectivity index (χ2v) is 6.08. The first-order chi connectivity index (χ1) is 5.64. The van der Waals surface area contributed by atoms with E-state index in [0.717, 1.165) is 29.2 Å². The van der Waals surface area contributed by atoms with Crippen molar-refractivity contribution in [3.63, 3.8) is 0 Å². The highest BCUT2D eigenvalue weighted by atomic mass is 15.2. The zero-order valence-electron chi connectivity index (χ0n) is 7.93. The maximum Gasteiger partial charge on any atom is 0.0221 e. The molecule has 0 aromatic heterocycles. The molecule has 2 aliphatic carbocycles. The molecule has 0 aromatic carbocycles. The Morgan fingerprint density at radius 1 is 1.25 bits per heavy atom. The van der Waals surface area contributed by atoms with E-state index in [0.29, 0.717) is 5.54 Å². The van der Waals surface area contributed by atoms with E-state index >= 15 is 0 Å². The first kappa shape index (κ1) is 6.42. The van der Waals surface area contributed by atoms with Crippen LogP contribution in [0.25, 0.3) is 0 Å². The van der Waals surface area contributed by atoms with E-state index in [4.69, 9.17) is 0 Å². The predicted molar refractivity (Wildman–Crippen MR) is 47.8 cm³/mol. The van der Waals surface area contributed by atoms with E-state index in [2.05, 4.69) is 19.2 Å². The molecule has 2 heterocycles. The van der Waals surface area contributed by atoms with Crippen molar-refractivity contribution in [1.82, 2.24) is 5.32 Å². The Bertz CT molecular complexity index is 270. The molecule has 1 N–H and O–H groups in total. The van der Waals surface area contributed by atoms with Gasteiger partial charge in [-0.2, -0.15) is 0 Å². The summed E-state index contributed by atoms with van der Waals surface area (Å²) in [6, 6.07) is 0.885. The average molecular weight is 163 g/mol. The summed E-state index contributed by atoms with van der Waals surface area (Å²) >= 11 is 0. The fourth-order valence-corrected chi connectivity index (χ4v) is 4.54. The minimum absolute atomic E-state index is 0.572. The van der Waals surface area contributed by atoms with Gasteiger partial charge in [0.2, 0.25) is 0 Å². The van der Waals surface area contributed by atoms with Crippen LogP contribution in [0.5, 0.6) is 0 Å². The van der Waals surface area contributed by atoms with E-state index < -0.39 is 0 Å². The van der Waals surface area contributed by atoms with Gasteiger partial charge in [0.15, 0.2) is 0 Å². The van der Waals surface area contributed by atoms with Gasteiger partial charge in [-0.25, -0.2) is 0 Å². The molecule has 2 saturated heterocycles. The quantitative estimate of drug-likeness (QED) is 0.574. The maximum atomic E-state index is 3.90. The summed E-state index contributed by atoms with van der Waals surface area (Å²) in [5, 5.41) is 3.90. The number of nitrogens with one attached hydrogen (secondary N) is 1. The van der Waals surface area contributed by atoms with Gasteiger partial charge >= 0.3 is 0 Å². The molecule has 2 saturated carbocycles. The number of fused-ring (bicyclic) bond motifs is 7. The number of piperidine rings is 2. The topological polar surface area (TPSA) is 12.0 Å². The monoisotopic (exact) mass is 163 g/mol. The van der Waals surface area contributed by atoms with Crippen molar-refractivity contribution < 1.29 is 0 Å². The van der Waals surface area contributed by atoms with Gasteiger partial charge in [0.25, 0.3) is 0 Å². The SMILES string of the molecule is CC12CC1C1(C)NC2CC2CC21. The van der Waals surface area contributed by atoms with Crippen LogP contribution in [-0.2, 0) is 0 Å². The van der Waals surface area contributed by atoms with Crippen LogP contribution >= 0.6 is 0 Å². The van der Waals surface area contributed by atoms with Crippen molar-refractivity contribution in [2.24, 2.45) is 23.2 Å². The summed E-state index contributed by atoms with van der Waals surface area (Å²) in [4.78, 5) is 0. The standard InChI is InChI=1S/C11H17N/c1-10-5-8(10)11(2)7-3-6(7)4-9(10)12-11/h6-9,12H,3-5H2,1-2H3. The Morgan fingerprint density at radius 3 is 2.92 bits per heavy atom. The van der Waals surface area contributed by atoms with Crippen molar-refractivity contribution >= 4 is 0 Å². The van der Waals surface area contributed by atoms with E-state index in [9.17, 15) is 0 Å². The molecule has 66 valence electrons. The molecule has 6 atom stereocenters. The Balaban J connectivity index is 1.85. The van der Waals surface area contributed by atoms with Gasteiger partial charge in [-0.05, 0) is 49.4 Å². The van der Waals surface area contributed by atoms with Crippen LogP contribution in [0.3, 0.4) is 0 Å². The first-order valence-corrected chi connectivity index (χ1v) is 5.42. The molecule has 0 amide bonds. The van der Waals surface area contributed by atoms with Gasteiger partial charge in [0.1, 0.15) is 0 Å². The minimum Gasteiger partial charge on any atom is -0.308 e. The van der Waals surface area contributed by atoms with Crippen molar-refractivity contribution in [1.29, 1.82) is 0 Å². The van der Waals surface area contributed by atoms with Crippen molar-refractivity contribution in [2.45, 2.75) is 44.7 Å². The third kappa shape index (κ3) is 0.454. The van der Waals surface area contributed by atoms with Crippen LogP contribution in [0.2, 0.25) is 0 Å². The summed E-state index contributed by atoms with van der Waals surface area (Å²) in [5.41, 5.74) is 1.30. The molecule has 0 spiro atoms. The second kappa shape index (κ2) is 1.39. The highest BCUT2D eigenvalue weighted by Crippen LogP contribution is 2.74. The zero-order chi connectivity index (χ0) is 8.14. The maximum absolute atomic E-state index is 3.90. The summed E-state index contributed by atoms with van der Waals surface area (Å²) in [6.07, 6.45) is 4.55. The third-order valence-electron chi connectivity index (χ3n) is 5.52. The van der Waals surface area contributed by atoms with Crippen LogP contribution in [0.4, 0.5) is 0 Å². The van der Waals surface area contributed by atoms with E-state index in [1.165, 1.54) is 19.3 Å². The molecule has 1 nitrogen and oxygen atoms in total. The molecule has 4 fully saturated rings. The van der Waals surface area contributed by atoms with Gasteiger partial charge in [0.05, 0.1) is 0 Å². The van der Waals surface area contributed by atoms with E-state index in [1.807, 2.05) is 0 Å². The zero-order valence-corrected chi connectivity index (χ0v) is 7.93. The van der Waals surface area contributed by atoms with Crippen LogP contribution in [-0.4, -0.2) is 11.6 Å². The van der Waals surface area contributed by atoms with Crippen molar-refractivity contribution in [3.05, 3.63) is 0 Å². The number of hydrogen-bond donors (Lipinski definition) is 1. The molecule has 6 unspecified atom stereocenters. The van der Waals surface area contributed by atoms with Crippen LogP contribution < -0.4 is 5.32 Å². The number of hydrogen-bond acceptors (Lipinski definition) is 1. The molecule has 1 heteroatoms. The molecule has 4 aliphatic rings. The molecular formula is C11H17N. The lowest BCUT2D eigenvalue weighted by molar-refractivity contribution is 0.226. The lowest BCUT2D eigenvalue weighted by atomic mass is 9.88. The fourth-order valence-electron chi connectivity index (χ4n) is 4.54. The molecule has 0 radical (unpaired) electrons. The van der Waals surface area contributed by atoms with Gasteiger partial charge in [-0.3, -0.25) is 0 Å². The Hall–Kier alpha value is -0.0400. The largest absolute Gasteiger partial charge is 0.308 e. The fraction of sp³-hybridized carbons (Fsp3) is 1.00. The summed E-state index contributed by atoms with van der Waals surface area (Å²) < 4.78 is 0. The van der Waals surface area contributed by atoms with Gasteiger partial charge in [-0.15, -0.1) is 0 Å². The predicted octanol–water partition coefficient (Wildman–Crippen LogP) is 1.78. The van der Waals surface area contributed by atoms with E-state index in [1.54, 1.807) is 0 Å². The molecule has 4 rings (SSSR count). The normalized spacial score (nSPS) is 76.5. The minimum atomic E-state index is 0.572. The Kier molecular flexibility index (Phi) is 0.744. The van der Waals surface area contributed by atoms with Crippen LogP contribution in [0.15, 0.2) is 0 Å². The molecular weight excluding hydrogens is 146 g/mol. The molecule has 0 aromatic rings. The van der Waals surface area contributed by atoms with E-state index in [-0.39, 0.29) is 0 Å². The summed E-state index contributed by atoms with van der Waals surface area (Å²) in [7, 11) is 0. The second-order valence-electron chi connectivity index (χ2n) is 6.08.